The second kappa shape index (κ2) is 7.65. The number of nitrogens with zero attached hydrogens (tertiary/aromatic N) is 2. The van der Waals surface area contributed by atoms with Crippen LogP contribution < -0.4 is 0 Å². The van der Waals surface area contributed by atoms with Crippen LogP contribution in [0.5, 0.6) is 0 Å². The molecule has 8 heteroatoms. The Hall–Kier alpha value is -1.41. The first-order valence-electron chi connectivity index (χ1n) is 8.29. The van der Waals surface area contributed by atoms with E-state index in [-0.39, 0.29) is 25.5 Å². The van der Waals surface area contributed by atoms with Gasteiger partial charge in [-0.3, -0.25) is 19.4 Å². The van der Waals surface area contributed by atoms with Gasteiger partial charge in [-0.1, -0.05) is 19.6 Å². The maximum Gasteiger partial charge on any atom is 0.408 e. The maximum absolute atomic E-state index is 12.6. The highest BCUT2D eigenvalue weighted by Crippen LogP contribution is 2.25. The van der Waals surface area contributed by atoms with Crippen molar-refractivity contribution in [2.24, 2.45) is 0 Å². The average molecular weight is 359 g/mol. The van der Waals surface area contributed by atoms with Crippen molar-refractivity contribution in [3.05, 3.63) is 0 Å². The van der Waals surface area contributed by atoms with Crippen LogP contribution in [0.15, 0.2) is 0 Å². The van der Waals surface area contributed by atoms with Crippen LogP contribution in [0.4, 0.5) is 4.79 Å². The predicted molar refractivity (Wildman–Crippen MR) is 93.5 cm³/mol. The van der Waals surface area contributed by atoms with Crippen molar-refractivity contribution in [1.82, 2.24) is 9.80 Å². The number of piperidine rings is 1. The van der Waals surface area contributed by atoms with E-state index in [1.54, 1.807) is 20.8 Å². The summed E-state index contributed by atoms with van der Waals surface area (Å²) >= 11 is 0. The third kappa shape index (κ3) is 5.59. The molecule has 1 fully saturated rings. The molecule has 138 valence electrons. The largest absolute Gasteiger partial charge is 0.465 e. The van der Waals surface area contributed by atoms with Crippen LogP contribution in [0.1, 0.15) is 33.6 Å². The first-order valence-corrected chi connectivity index (χ1v) is 12.0. The Bertz CT molecular complexity index is 496. The van der Waals surface area contributed by atoms with Crippen LogP contribution in [0.2, 0.25) is 25.7 Å². The highest BCUT2D eigenvalue weighted by Gasteiger charge is 2.43. The molecule has 0 bridgehead atoms. The van der Waals surface area contributed by atoms with E-state index in [0.29, 0.717) is 6.61 Å². The van der Waals surface area contributed by atoms with Crippen molar-refractivity contribution in [2.75, 3.05) is 13.3 Å². The number of ether oxygens (including phenoxy) is 1. The van der Waals surface area contributed by atoms with Gasteiger partial charge in [0.05, 0.1) is 0 Å². The zero-order chi connectivity index (χ0) is 18.7. The molecule has 1 saturated heterocycles. The number of amides is 3. The molecule has 0 aliphatic carbocycles. The summed E-state index contributed by atoms with van der Waals surface area (Å²) in [5.41, 5.74) is -0.725. The lowest BCUT2D eigenvalue weighted by atomic mass is 9.97. The predicted octanol–water partition coefficient (Wildman–Crippen LogP) is 2.59. The summed E-state index contributed by atoms with van der Waals surface area (Å²) in [5.74, 6) is -0.792. The molecular weight excluding hydrogens is 328 g/mol. The van der Waals surface area contributed by atoms with Gasteiger partial charge in [-0.2, -0.15) is 0 Å². The maximum atomic E-state index is 12.6. The number of imide groups is 1. The highest BCUT2D eigenvalue weighted by molar-refractivity contribution is 6.76. The van der Waals surface area contributed by atoms with E-state index in [4.69, 9.17) is 4.74 Å². The van der Waals surface area contributed by atoms with Gasteiger partial charge in [-0.15, -0.1) is 0 Å². The van der Waals surface area contributed by atoms with E-state index in [0.717, 1.165) is 15.8 Å². The SMILES string of the molecule is CC(C)(C)N(C(=O)O)C1CCC(=O)N(COCC[Si](C)(C)C)C1=O. The first-order chi connectivity index (χ1) is 10.8. The van der Waals surface area contributed by atoms with Crippen molar-refractivity contribution in [1.29, 1.82) is 0 Å². The van der Waals surface area contributed by atoms with Crippen LogP contribution in [0.3, 0.4) is 0 Å². The van der Waals surface area contributed by atoms with Crippen LogP contribution in [-0.2, 0) is 14.3 Å². The van der Waals surface area contributed by atoms with E-state index < -0.39 is 31.7 Å². The fraction of sp³-hybridized carbons (Fsp3) is 0.812. The molecule has 1 atom stereocenters. The fourth-order valence-corrected chi connectivity index (χ4v) is 3.38. The molecule has 0 aromatic carbocycles. The van der Waals surface area contributed by atoms with E-state index in [9.17, 15) is 19.5 Å². The van der Waals surface area contributed by atoms with Crippen LogP contribution in [0, 0.1) is 0 Å². The summed E-state index contributed by atoms with van der Waals surface area (Å²) < 4.78 is 5.52. The van der Waals surface area contributed by atoms with Gasteiger partial charge in [0.15, 0.2) is 0 Å². The monoisotopic (exact) mass is 358 g/mol. The number of likely N-dealkylation sites (tertiary alicyclic amines) is 1. The summed E-state index contributed by atoms with van der Waals surface area (Å²) in [6, 6.07) is 0.0939. The number of rotatable bonds is 6. The number of hydrogen-bond donors (Lipinski definition) is 1. The van der Waals surface area contributed by atoms with Crippen molar-refractivity contribution in [3.8, 4) is 0 Å². The molecule has 1 rings (SSSR count). The first kappa shape index (κ1) is 20.6. The second-order valence-corrected chi connectivity index (χ2v) is 14.0. The number of hydrogen-bond acceptors (Lipinski definition) is 4. The number of carboxylic acid groups (broad SMARTS) is 1. The molecule has 0 radical (unpaired) electrons. The van der Waals surface area contributed by atoms with E-state index >= 15 is 0 Å². The Labute approximate surface area is 145 Å². The van der Waals surface area contributed by atoms with Gasteiger partial charge < -0.3 is 9.84 Å². The van der Waals surface area contributed by atoms with Crippen molar-refractivity contribution < 1.29 is 24.2 Å². The topological polar surface area (TPSA) is 87.2 Å². The lowest BCUT2D eigenvalue weighted by Crippen LogP contribution is -2.61. The summed E-state index contributed by atoms with van der Waals surface area (Å²) in [4.78, 5) is 38.5. The van der Waals surface area contributed by atoms with E-state index in [2.05, 4.69) is 19.6 Å². The third-order valence-corrected chi connectivity index (χ3v) is 5.65. The zero-order valence-corrected chi connectivity index (χ0v) is 16.6. The minimum Gasteiger partial charge on any atom is -0.465 e. The van der Waals surface area contributed by atoms with Crippen molar-refractivity contribution in [2.45, 2.75) is 70.9 Å². The van der Waals surface area contributed by atoms with Crippen LogP contribution >= 0.6 is 0 Å². The molecule has 1 N–H and O–H groups in total. The minimum atomic E-state index is -1.25. The summed E-state index contributed by atoms with van der Waals surface area (Å²) in [7, 11) is -1.25. The van der Waals surface area contributed by atoms with Gasteiger partial charge in [-0.05, 0) is 33.2 Å². The quantitative estimate of drug-likeness (QED) is 0.448. The zero-order valence-electron chi connectivity index (χ0n) is 15.6. The van der Waals surface area contributed by atoms with Gasteiger partial charge in [0.25, 0.3) is 5.91 Å². The molecule has 0 aromatic rings. The molecule has 1 heterocycles. The van der Waals surface area contributed by atoms with Gasteiger partial charge >= 0.3 is 6.09 Å². The van der Waals surface area contributed by atoms with Crippen LogP contribution in [0.25, 0.3) is 0 Å². The normalized spacial score (nSPS) is 19.6. The molecule has 24 heavy (non-hydrogen) atoms. The Morgan fingerprint density at radius 3 is 2.38 bits per heavy atom. The Morgan fingerprint density at radius 1 is 1.33 bits per heavy atom. The molecule has 3 amide bonds. The Balaban J connectivity index is 2.78. The van der Waals surface area contributed by atoms with Gasteiger partial charge in [0, 0.05) is 26.6 Å². The summed E-state index contributed by atoms with van der Waals surface area (Å²) in [5, 5.41) is 9.48. The molecule has 1 aliphatic rings. The average Bonchev–Trinajstić information content (AvgIpc) is 2.37. The second-order valence-electron chi connectivity index (χ2n) is 8.39. The summed E-state index contributed by atoms with van der Waals surface area (Å²) in [6.45, 7) is 12.3. The van der Waals surface area contributed by atoms with Gasteiger partial charge in [0.2, 0.25) is 5.91 Å². The Morgan fingerprint density at radius 2 is 1.92 bits per heavy atom. The fourth-order valence-electron chi connectivity index (χ4n) is 2.62. The third-order valence-electron chi connectivity index (χ3n) is 3.94. The lowest BCUT2D eigenvalue weighted by Gasteiger charge is -2.42. The molecule has 0 spiro atoms. The van der Waals surface area contributed by atoms with E-state index in [1.165, 1.54) is 0 Å². The van der Waals surface area contributed by atoms with E-state index in [1.807, 2.05) is 0 Å². The number of carbonyl (C=O) groups excluding carboxylic acids is 2. The van der Waals surface area contributed by atoms with Gasteiger partial charge in [-0.25, -0.2) is 4.79 Å². The molecule has 0 saturated carbocycles. The lowest BCUT2D eigenvalue weighted by molar-refractivity contribution is -0.160. The smallest absolute Gasteiger partial charge is 0.408 e. The molecule has 0 aromatic heterocycles. The highest BCUT2D eigenvalue weighted by atomic mass is 28.3. The summed E-state index contributed by atoms with van der Waals surface area (Å²) in [6.07, 6.45) is -0.796. The number of carbonyl (C=O) groups is 3. The van der Waals surface area contributed by atoms with Crippen molar-refractivity contribution >= 4 is 26.0 Å². The standard InChI is InChI=1S/C16H30N2O5Si/c1-16(2,3)18(15(21)22)12-7-8-13(19)17(14(12)20)11-23-9-10-24(4,5)6/h12H,7-11H2,1-6H3,(H,21,22). The van der Waals surface area contributed by atoms with Crippen LogP contribution in [-0.4, -0.2) is 65.8 Å². The molecule has 7 nitrogen and oxygen atoms in total. The van der Waals surface area contributed by atoms with Crippen molar-refractivity contribution in [3.63, 3.8) is 0 Å². The van der Waals surface area contributed by atoms with Gasteiger partial charge in [0.1, 0.15) is 12.8 Å². The Kier molecular flexibility index (Phi) is 6.57. The molecule has 1 aliphatic heterocycles. The molecular formula is C16H30N2O5Si. The minimum absolute atomic E-state index is 0.101. The molecule has 1 unspecified atom stereocenters.